The topological polar surface area (TPSA) is 41.6 Å². The Morgan fingerprint density at radius 3 is 2.76 bits per heavy atom. The zero-order valence-corrected chi connectivity index (χ0v) is 11.7. The molecule has 0 saturated carbocycles. The number of nitrogens with zero attached hydrogens (tertiary/aromatic N) is 1. The maximum Gasteiger partial charge on any atom is 0.239 e. The molecule has 1 saturated heterocycles. The van der Waals surface area contributed by atoms with Gasteiger partial charge in [0.2, 0.25) is 5.91 Å². The molecule has 1 aliphatic rings. The van der Waals surface area contributed by atoms with Gasteiger partial charge in [-0.3, -0.25) is 4.79 Å². The molecule has 0 bridgehead atoms. The minimum Gasteiger partial charge on any atom is -0.375 e. The van der Waals surface area contributed by atoms with E-state index in [2.05, 4.69) is 19.2 Å². The van der Waals surface area contributed by atoms with E-state index in [9.17, 15) is 4.79 Å². The Hall–Kier alpha value is -0.610. The molecule has 1 amide bonds. The van der Waals surface area contributed by atoms with Crippen molar-refractivity contribution in [1.29, 1.82) is 0 Å². The lowest BCUT2D eigenvalue weighted by Gasteiger charge is -2.37. The summed E-state index contributed by atoms with van der Waals surface area (Å²) in [4.78, 5) is 13.7. The van der Waals surface area contributed by atoms with E-state index in [1.165, 1.54) is 0 Å². The summed E-state index contributed by atoms with van der Waals surface area (Å²) in [6.45, 7) is 9.66. The molecule has 0 aliphatic carbocycles. The number of nitrogens with one attached hydrogen (secondary N) is 1. The highest BCUT2D eigenvalue weighted by Crippen LogP contribution is 2.24. The molecule has 2 unspecified atom stereocenters. The van der Waals surface area contributed by atoms with Gasteiger partial charge in [0.15, 0.2) is 0 Å². The van der Waals surface area contributed by atoms with Gasteiger partial charge < -0.3 is 15.0 Å². The van der Waals surface area contributed by atoms with Crippen molar-refractivity contribution >= 4 is 5.91 Å². The first-order valence-corrected chi connectivity index (χ1v) is 6.50. The van der Waals surface area contributed by atoms with Gasteiger partial charge in [0.05, 0.1) is 11.6 Å². The minimum absolute atomic E-state index is 0.0741. The van der Waals surface area contributed by atoms with Gasteiger partial charge in [-0.15, -0.1) is 0 Å². The van der Waals surface area contributed by atoms with Crippen LogP contribution in [0.15, 0.2) is 0 Å². The predicted molar refractivity (Wildman–Crippen MR) is 69.0 cm³/mol. The van der Waals surface area contributed by atoms with Crippen LogP contribution in [0.25, 0.3) is 0 Å². The molecule has 1 N–H and O–H groups in total. The standard InChI is InChI=1S/C13H26N2O2/c1-6-15(5)12(16)10(2)14-11-7-8-17-13(3,4)9-11/h10-11,14H,6-9H2,1-5H3. The molecule has 0 spiro atoms. The van der Waals surface area contributed by atoms with Crippen molar-refractivity contribution in [2.24, 2.45) is 0 Å². The Morgan fingerprint density at radius 2 is 2.24 bits per heavy atom. The maximum absolute atomic E-state index is 11.9. The number of hydrogen-bond donors (Lipinski definition) is 1. The fraction of sp³-hybridized carbons (Fsp3) is 0.923. The molecular formula is C13H26N2O2. The molecule has 1 fully saturated rings. The summed E-state index contributed by atoms with van der Waals surface area (Å²) >= 11 is 0. The molecule has 0 radical (unpaired) electrons. The second-order valence-corrected chi connectivity index (χ2v) is 5.54. The average molecular weight is 242 g/mol. The zero-order chi connectivity index (χ0) is 13.1. The van der Waals surface area contributed by atoms with Crippen molar-refractivity contribution in [3.8, 4) is 0 Å². The van der Waals surface area contributed by atoms with Crippen LogP contribution in [0.3, 0.4) is 0 Å². The van der Waals surface area contributed by atoms with Crippen LogP contribution >= 0.6 is 0 Å². The molecule has 1 aliphatic heterocycles. The number of carbonyl (C=O) groups is 1. The Labute approximate surface area is 105 Å². The summed E-state index contributed by atoms with van der Waals surface area (Å²) < 4.78 is 5.67. The molecule has 4 heteroatoms. The molecule has 2 atom stereocenters. The highest BCUT2D eigenvalue weighted by Gasteiger charge is 2.30. The first-order chi connectivity index (χ1) is 7.85. The lowest BCUT2D eigenvalue weighted by Crippen LogP contribution is -2.51. The Balaban J connectivity index is 2.45. The Bertz CT molecular complexity index is 266. The number of hydrogen-bond acceptors (Lipinski definition) is 3. The summed E-state index contributed by atoms with van der Waals surface area (Å²) in [7, 11) is 1.84. The molecule has 1 rings (SSSR count). The number of likely N-dealkylation sites (N-methyl/N-ethyl adjacent to an activating group) is 1. The van der Waals surface area contributed by atoms with E-state index in [1.807, 2.05) is 20.9 Å². The second-order valence-electron chi connectivity index (χ2n) is 5.54. The molecule has 4 nitrogen and oxygen atoms in total. The van der Waals surface area contributed by atoms with Crippen molar-refractivity contribution in [3.63, 3.8) is 0 Å². The summed E-state index contributed by atoms with van der Waals surface area (Å²) in [5.41, 5.74) is -0.0741. The third kappa shape index (κ3) is 4.28. The van der Waals surface area contributed by atoms with Gasteiger partial charge in [-0.05, 0) is 40.5 Å². The van der Waals surface area contributed by atoms with Crippen LogP contribution in [0.4, 0.5) is 0 Å². The predicted octanol–water partition coefficient (Wildman–Crippen LogP) is 1.40. The number of carbonyl (C=O) groups excluding carboxylic acids is 1. The van der Waals surface area contributed by atoms with E-state index in [4.69, 9.17) is 4.74 Å². The van der Waals surface area contributed by atoms with Gasteiger partial charge in [0.25, 0.3) is 0 Å². The fourth-order valence-corrected chi connectivity index (χ4v) is 2.29. The normalized spacial score (nSPS) is 25.4. The van der Waals surface area contributed by atoms with Crippen LogP contribution in [0.2, 0.25) is 0 Å². The lowest BCUT2D eigenvalue weighted by atomic mass is 9.93. The van der Waals surface area contributed by atoms with E-state index in [0.29, 0.717) is 6.04 Å². The molecular weight excluding hydrogens is 216 g/mol. The first-order valence-electron chi connectivity index (χ1n) is 6.50. The van der Waals surface area contributed by atoms with Gasteiger partial charge in [0.1, 0.15) is 0 Å². The van der Waals surface area contributed by atoms with E-state index in [1.54, 1.807) is 4.90 Å². The largest absolute Gasteiger partial charge is 0.375 e. The molecule has 0 aromatic rings. The first kappa shape index (κ1) is 14.5. The van der Waals surface area contributed by atoms with E-state index >= 15 is 0 Å². The average Bonchev–Trinajstić information content (AvgIpc) is 2.25. The lowest BCUT2D eigenvalue weighted by molar-refractivity contribution is -0.132. The number of ether oxygens (including phenoxy) is 1. The van der Waals surface area contributed by atoms with E-state index in [-0.39, 0.29) is 17.6 Å². The van der Waals surface area contributed by atoms with Crippen molar-refractivity contribution in [2.75, 3.05) is 20.2 Å². The van der Waals surface area contributed by atoms with Crippen LogP contribution in [0.5, 0.6) is 0 Å². The van der Waals surface area contributed by atoms with E-state index < -0.39 is 0 Å². The SMILES string of the molecule is CCN(C)C(=O)C(C)NC1CCOC(C)(C)C1. The third-order valence-electron chi connectivity index (χ3n) is 3.40. The summed E-state index contributed by atoms with van der Waals surface area (Å²) in [5, 5.41) is 3.42. The van der Waals surface area contributed by atoms with Gasteiger partial charge in [0, 0.05) is 26.2 Å². The minimum atomic E-state index is -0.112. The van der Waals surface area contributed by atoms with Crippen molar-refractivity contribution < 1.29 is 9.53 Å². The molecule has 100 valence electrons. The van der Waals surface area contributed by atoms with Crippen LogP contribution < -0.4 is 5.32 Å². The van der Waals surface area contributed by atoms with Crippen molar-refractivity contribution in [2.45, 2.75) is 58.2 Å². The second kappa shape index (κ2) is 5.83. The highest BCUT2D eigenvalue weighted by atomic mass is 16.5. The van der Waals surface area contributed by atoms with Gasteiger partial charge >= 0.3 is 0 Å². The van der Waals surface area contributed by atoms with Crippen molar-refractivity contribution in [3.05, 3.63) is 0 Å². The quantitative estimate of drug-likeness (QED) is 0.810. The zero-order valence-electron chi connectivity index (χ0n) is 11.7. The van der Waals surface area contributed by atoms with Crippen molar-refractivity contribution in [1.82, 2.24) is 10.2 Å². The maximum atomic E-state index is 11.9. The summed E-state index contributed by atoms with van der Waals surface area (Å²) in [6, 6.07) is 0.266. The highest BCUT2D eigenvalue weighted by molar-refractivity contribution is 5.81. The summed E-state index contributed by atoms with van der Waals surface area (Å²) in [6.07, 6.45) is 1.94. The van der Waals surface area contributed by atoms with Gasteiger partial charge in [-0.25, -0.2) is 0 Å². The Kier molecular flexibility index (Phi) is 4.95. The fourth-order valence-electron chi connectivity index (χ4n) is 2.29. The smallest absolute Gasteiger partial charge is 0.239 e. The van der Waals surface area contributed by atoms with Gasteiger partial charge in [-0.2, -0.15) is 0 Å². The third-order valence-corrected chi connectivity index (χ3v) is 3.40. The Morgan fingerprint density at radius 1 is 1.59 bits per heavy atom. The van der Waals surface area contributed by atoms with Crippen LogP contribution in [-0.4, -0.2) is 48.7 Å². The van der Waals surface area contributed by atoms with Crippen LogP contribution in [0.1, 0.15) is 40.5 Å². The number of amides is 1. The van der Waals surface area contributed by atoms with Gasteiger partial charge in [-0.1, -0.05) is 0 Å². The van der Waals surface area contributed by atoms with E-state index in [0.717, 1.165) is 26.0 Å². The van der Waals surface area contributed by atoms with Crippen LogP contribution in [0, 0.1) is 0 Å². The number of rotatable bonds is 4. The molecule has 1 heterocycles. The molecule has 0 aromatic carbocycles. The van der Waals surface area contributed by atoms with Crippen LogP contribution in [-0.2, 0) is 9.53 Å². The molecule has 17 heavy (non-hydrogen) atoms. The molecule has 0 aromatic heterocycles. The summed E-state index contributed by atoms with van der Waals surface area (Å²) in [5.74, 6) is 0.164. The monoisotopic (exact) mass is 242 g/mol.